The number of nitrogens with one attached hydrogen (secondary N) is 1. The normalized spacial score (nSPS) is 17.1. The SMILES string of the molecule is CC(NC(=O)c1cc(N2CCC(F)(F)CC2)ccc1N(C)C)c1ccccc1. The number of carbonyl (C=O) groups is 1. The Hall–Kier alpha value is -2.63. The van der Waals surface area contributed by atoms with E-state index in [4.69, 9.17) is 0 Å². The molecular weight excluding hydrogens is 360 g/mol. The van der Waals surface area contributed by atoms with Crippen molar-refractivity contribution in [2.75, 3.05) is 37.0 Å². The molecule has 0 radical (unpaired) electrons. The highest BCUT2D eigenvalue weighted by atomic mass is 19.3. The summed E-state index contributed by atoms with van der Waals surface area (Å²) < 4.78 is 27.0. The molecule has 28 heavy (non-hydrogen) atoms. The van der Waals surface area contributed by atoms with Gasteiger partial charge in [-0.15, -0.1) is 0 Å². The predicted molar refractivity (Wildman–Crippen MR) is 109 cm³/mol. The number of anilines is 2. The van der Waals surface area contributed by atoms with Crippen LogP contribution < -0.4 is 15.1 Å². The van der Waals surface area contributed by atoms with Gasteiger partial charge in [0.2, 0.25) is 0 Å². The lowest BCUT2D eigenvalue weighted by Crippen LogP contribution is -2.39. The molecule has 3 rings (SSSR count). The Labute approximate surface area is 165 Å². The van der Waals surface area contributed by atoms with Gasteiger partial charge in [-0.05, 0) is 30.7 Å². The third-order valence-electron chi connectivity index (χ3n) is 5.21. The monoisotopic (exact) mass is 387 g/mol. The fourth-order valence-corrected chi connectivity index (χ4v) is 3.48. The van der Waals surface area contributed by atoms with Crippen LogP contribution in [0.1, 0.15) is 41.7 Å². The van der Waals surface area contributed by atoms with E-state index in [-0.39, 0.29) is 37.9 Å². The number of rotatable bonds is 5. The topological polar surface area (TPSA) is 35.6 Å². The number of nitrogens with zero attached hydrogens (tertiary/aromatic N) is 2. The number of benzene rings is 2. The van der Waals surface area contributed by atoms with Gasteiger partial charge in [0, 0.05) is 51.4 Å². The molecule has 1 aliphatic heterocycles. The molecule has 4 nitrogen and oxygen atoms in total. The number of hydrogen-bond acceptors (Lipinski definition) is 3. The van der Waals surface area contributed by atoms with Crippen LogP contribution in [0.2, 0.25) is 0 Å². The van der Waals surface area contributed by atoms with E-state index in [1.165, 1.54) is 0 Å². The zero-order valence-electron chi connectivity index (χ0n) is 16.6. The van der Waals surface area contributed by atoms with Gasteiger partial charge >= 0.3 is 0 Å². The van der Waals surface area contributed by atoms with Gasteiger partial charge in [0.15, 0.2) is 0 Å². The molecule has 2 aromatic carbocycles. The van der Waals surface area contributed by atoms with Gasteiger partial charge < -0.3 is 15.1 Å². The zero-order chi connectivity index (χ0) is 20.3. The summed E-state index contributed by atoms with van der Waals surface area (Å²) in [6, 6.07) is 15.2. The summed E-state index contributed by atoms with van der Waals surface area (Å²) in [5.41, 5.74) is 3.17. The molecule has 0 saturated carbocycles. The number of alkyl halides is 2. The lowest BCUT2D eigenvalue weighted by molar-refractivity contribution is -0.0220. The first-order chi connectivity index (χ1) is 13.3. The molecule has 1 saturated heterocycles. The van der Waals surface area contributed by atoms with E-state index in [0.29, 0.717) is 5.56 Å². The van der Waals surface area contributed by atoms with Gasteiger partial charge in [-0.25, -0.2) is 8.78 Å². The Morgan fingerprint density at radius 3 is 2.36 bits per heavy atom. The third-order valence-corrected chi connectivity index (χ3v) is 5.21. The van der Waals surface area contributed by atoms with Crippen molar-refractivity contribution in [1.82, 2.24) is 5.32 Å². The number of piperidine rings is 1. The summed E-state index contributed by atoms with van der Waals surface area (Å²) in [5.74, 6) is -2.77. The highest BCUT2D eigenvalue weighted by Crippen LogP contribution is 2.32. The number of carbonyl (C=O) groups excluding carboxylic acids is 1. The zero-order valence-corrected chi connectivity index (χ0v) is 16.6. The van der Waals surface area contributed by atoms with Crippen molar-refractivity contribution in [2.24, 2.45) is 0 Å². The molecule has 6 heteroatoms. The Kier molecular flexibility index (Phi) is 5.87. The summed E-state index contributed by atoms with van der Waals surface area (Å²) in [6.45, 7) is 2.52. The second kappa shape index (κ2) is 8.17. The van der Waals surface area contributed by atoms with E-state index in [9.17, 15) is 13.6 Å². The molecule has 150 valence electrons. The largest absolute Gasteiger partial charge is 0.377 e. The molecule has 0 spiro atoms. The Morgan fingerprint density at radius 2 is 1.75 bits per heavy atom. The molecule has 1 aliphatic rings. The van der Waals surface area contributed by atoms with Crippen molar-refractivity contribution in [3.05, 3.63) is 59.7 Å². The molecule has 1 atom stereocenters. The number of halogens is 2. The van der Waals surface area contributed by atoms with Crippen molar-refractivity contribution in [3.8, 4) is 0 Å². The van der Waals surface area contributed by atoms with Crippen LogP contribution in [0.25, 0.3) is 0 Å². The molecule has 1 fully saturated rings. The first-order valence-corrected chi connectivity index (χ1v) is 9.57. The van der Waals surface area contributed by atoms with E-state index < -0.39 is 5.92 Å². The summed E-state index contributed by atoms with van der Waals surface area (Å²) >= 11 is 0. The van der Waals surface area contributed by atoms with Gasteiger partial charge in [0.05, 0.1) is 11.6 Å². The van der Waals surface area contributed by atoms with Crippen molar-refractivity contribution in [2.45, 2.75) is 31.7 Å². The van der Waals surface area contributed by atoms with Crippen LogP contribution in [0.5, 0.6) is 0 Å². The van der Waals surface area contributed by atoms with Crippen molar-refractivity contribution < 1.29 is 13.6 Å². The average molecular weight is 387 g/mol. The summed E-state index contributed by atoms with van der Waals surface area (Å²) in [7, 11) is 3.77. The van der Waals surface area contributed by atoms with E-state index in [1.54, 1.807) is 0 Å². The van der Waals surface area contributed by atoms with Gasteiger partial charge in [-0.1, -0.05) is 30.3 Å². The maximum absolute atomic E-state index is 13.5. The van der Waals surface area contributed by atoms with Crippen LogP contribution in [0, 0.1) is 0 Å². The highest BCUT2D eigenvalue weighted by molar-refractivity contribution is 6.01. The first-order valence-electron chi connectivity index (χ1n) is 9.57. The second-order valence-electron chi connectivity index (χ2n) is 7.54. The molecule has 0 aliphatic carbocycles. The first kappa shape index (κ1) is 20.1. The standard InChI is InChI=1S/C22H27F2N3O/c1-16(17-7-5-4-6-8-17)25-21(28)19-15-18(9-10-20(19)26(2)3)27-13-11-22(23,24)12-14-27/h4-10,15-16H,11-14H2,1-3H3,(H,25,28). The smallest absolute Gasteiger partial charge is 0.253 e. The number of amides is 1. The highest BCUT2D eigenvalue weighted by Gasteiger charge is 2.34. The summed E-state index contributed by atoms with van der Waals surface area (Å²) in [4.78, 5) is 16.8. The fourth-order valence-electron chi connectivity index (χ4n) is 3.48. The van der Waals surface area contributed by atoms with Gasteiger partial charge in [0.25, 0.3) is 11.8 Å². The quantitative estimate of drug-likeness (QED) is 0.822. The lowest BCUT2D eigenvalue weighted by Gasteiger charge is -2.34. The van der Waals surface area contributed by atoms with Crippen LogP contribution in [0.15, 0.2) is 48.5 Å². The van der Waals surface area contributed by atoms with Crippen LogP contribution in [-0.4, -0.2) is 39.0 Å². The minimum Gasteiger partial charge on any atom is -0.377 e. The molecule has 0 bridgehead atoms. The third kappa shape index (κ3) is 4.61. The lowest BCUT2D eigenvalue weighted by atomic mass is 10.0. The maximum atomic E-state index is 13.5. The second-order valence-corrected chi connectivity index (χ2v) is 7.54. The number of hydrogen-bond donors (Lipinski definition) is 1. The van der Waals surface area contributed by atoms with Gasteiger partial charge in [-0.3, -0.25) is 4.79 Å². The Morgan fingerprint density at radius 1 is 1.11 bits per heavy atom. The Balaban J connectivity index is 1.82. The molecule has 1 unspecified atom stereocenters. The molecule has 2 aromatic rings. The van der Waals surface area contributed by atoms with Crippen molar-refractivity contribution in [3.63, 3.8) is 0 Å². The summed E-state index contributed by atoms with van der Waals surface area (Å²) in [5, 5.41) is 3.05. The molecule has 1 N–H and O–H groups in total. The van der Waals surface area contributed by atoms with E-state index in [1.807, 2.05) is 79.3 Å². The van der Waals surface area contributed by atoms with Crippen molar-refractivity contribution in [1.29, 1.82) is 0 Å². The van der Waals surface area contributed by atoms with Crippen LogP contribution in [0.4, 0.5) is 20.2 Å². The predicted octanol–water partition coefficient (Wildman–Crippen LogP) is 4.48. The van der Waals surface area contributed by atoms with Crippen LogP contribution in [-0.2, 0) is 0 Å². The van der Waals surface area contributed by atoms with E-state index in [2.05, 4.69) is 5.32 Å². The molecule has 0 aromatic heterocycles. The molecule has 1 amide bonds. The molecule has 1 heterocycles. The fraction of sp³-hybridized carbons (Fsp3) is 0.409. The molecular formula is C22H27F2N3O. The van der Waals surface area contributed by atoms with Crippen molar-refractivity contribution >= 4 is 17.3 Å². The van der Waals surface area contributed by atoms with E-state index >= 15 is 0 Å². The van der Waals surface area contributed by atoms with E-state index in [0.717, 1.165) is 16.9 Å². The Bertz CT molecular complexity index is 814. The van der Waals surface area contributed by atoms with Crippen LogP contribution in [0.3, 0.4) is 0 Å². The van der Waals surface area contributed by atoms with Gasteiger partial charge in [0.1, 0.15) is 0 Å². The maximum Gasteiger partial charge on any atom is 0.253 e. The average Bonchev–Trinajstić information content (AvgIpc) is 2.68. The summed E-state index contributed by atoms with van der Waals surface area (Å²) in [6.07, 6.45) is -0.315. The van der Waals surface area contributed by atoms with Gasteiger partial charge in [-0.2, -0.15) is 0 Å². The minimum absolute atomic E-state index is 0.138. The minimum atomic E-state index is -2.59. The van der Waals surface area contributed by atoms with Crippen LogP contribution >= 0.6 is 0 Å².